The molecule has 1 aromatic carbocycles. The minimum Gasteiger partial charge on any atom is -0.481 e. The molecular weight excluding hydrogens is 242 g/mol. The Balaban J connectivity index is 3.01. The number of amides is 1. The van der Waals surface area contributed by atoms with Crippen LogP contribution in [0, 0.1) is 5.82 Å². The van der Waals surface area contributed by atoms with E-state index in [4.69, 9.17) is 10.5 Å². The van der Waals surface area contributed by atoms with Crippen molar-refractivity contribution in [1.82, 2.24) is 0 Å². The van der Waals surface area contributed by atoms with Crippen LogP contribution in [0.2, 0.25) is 0 Å². The number of benzene rings is 1. The van der Waals surface area contributed by atoms with Crippen LogP contribution >= 0.6 is 0 Å². The molecule has 0 heterocycles. The SMILES string of the molecule is CC(Oc1ccc(F)c(C(F)(F)F)c1)C(N)=O. The third-order valence-corrected chi connectivity index (χ3v) is 1.96. The predicted molar refractivity (Wildman–Crippen MR) is 50.7 cm³/mol. The van der Waals surface area contributed by atoms with E-state index in [1.54, 1.807) is 0 Å². The van der Waals surface area contributed by atoms with Crippen molar-refractivity contribution >= 4 is 5.91 Å². The zero-order chi connectivity index (χ0) is 13.2. The average molecular weight is 251 g/mol. The van der Waals surface area contributed by atoms with E-state index in [-0.39, 0.29) is 5.75 Å². The van der Waals surface area contributed by atoms with Gasteiger partial charge in [0.25, 0.3) is 5.91 Å². The molecule has 17 heavy (non-hydrogen) atoms. The Morgan fingerprint density at radius 1 is 1.41 bits per heavy atom. The normalized spacial score (nSPS) is 13.2. The van der Waals surface area contributed by atoms with E-state index in [1.807, 2.05) is 0 Å². The van der Waals surface area contributed by atoms with Gasteiger partial charge in [-0.2, -0.15) is 13.2 Å². The molecule has 0 aliphatic rings. The molecule has 2 N–H and O–H groups in total. The Bertz CT molecular complexity index is 431. The molecule has 0 aromatic heterocycles. The van der Waals surface area contributed by atoms with Crippen LogP contribution in [0.25, 0.3) is 0 Å². The van der Waals surface area contributed by atoms with Crippen LogP contribution in [0.5, 0.6) is 5.75 Å². The minimum absolute atomic E-state index is 0.273. The second-order valence-corrected chi connectivity index (χ2v) is 3.30. The van der Waals surface area contributed by atoms with E-state index in [0.717, 1.165) is 6.07 Å². The first kappa shape index (κ1) is 13.3. The zero-order valence-electron chi connectivity index (χ0n) is 8.72. The number of nitrogens with two attached hydrogens (primary N) is 1. The molecule has 1 rings (SSSR count). The Labute approximate surface area is 94.2 Å². The van der Waals surface area contributed by atoms with Crippen LogP contribution < -0.4 is 10.5 Å². The third-order valence-electron chi connectivity index (χ3n) is 1.96. The number of rotatable bonds is 3. The van der Waals surface area contributed by atoms with Crippen molar-refractivity contribution in [2.45, 2.75) is 19.2 Å². The van der Waals surface area contributed by atoms with Crippen molar-refractivity contribution in [1.29, 1.82) is 0 Å². The first-order chi connectivity index (χ1) is 7.71. The van der Waals surface area contributed by atoms with Crippen LogP contribution in [0.4, 0.5) is 17.6 Å². The second kappa shape index (κ2) is 4.60. The van der Waals surface area contributed by atoms with Crippen LogP contribution in [-0.2, 0) is 11.0 Å². The van der Waals surface area contributed by atoms with Crippen LogP contribution in [0.3, 0.4) is 0 Å². The molecule has 0 fully saturated rings. The van der Waals surface area contributed by atoms with E-state index >= 15 is 0 Å². The van der Waals surface area contributed by atoms with Gasteiger partial charge < -0.3 is 10.5 Å². The van der Waals surface area contributed by atoms with Gasteiger partial charge in [-0.1, -0.05) is 0 Å². The van der Waals surface area contributed by atoms with E-state index in [2.05, 4.69) is 0 Å². The monoisotopic (exact) mass is 251 g/mol. The standard InChI is InChI=1S/C10H9F4NO2/c1-5(9(15)16)17-6-2-3-8(11)7(4-6)10(12,13)14/h2-5H,1H3,(H2,15,16). The van der Waals surface area contributed by atoms with Gasteiger partial charge >= 0.3 is 6.18 Å². The van der Waals surface area contributed by atoms with Gasteiger partial charge in [0.15, 0.2) is 6.10 Å². The van der Waals surface area contributed by atoms with Crippen molar-refractivity contribution in [2.75, 3.05) is 0 Å². The lowest BCUT2D eigenvalue weighted by molar-refractivity contribution is -0.140. The zero-order valence-corrected chi connectivity index (χ0v) is 8.72. The molecule has 0 radical (unpaired) electrons. The summed E-state index contributed by atoms with van der Waals surface area (Å²) >= 11 is 0. The van der Waals surface area contributed by atoms with Gasteiger partial charge in [-0.05, 0) is 25.1 Å². The third kappa shape index (κ3) is 3.33. The molecule has 0 aliphatic heterocycles. The van der Waals surface area contributed by atoms with E-state index in [9.17, 15) is 22.4 Å². The molecule has 94 valence electrons. The molecule has 7 heteroatoms. The summed E-state index contributed by atoms with van der Waals surface area (Å²) in [5.41, 5.74) is 3.43. The van der Waals surface area contributed by atoms with Gasteiger partial charge in [-0.3, -0.25) is 4.79 Å². The Morgan fingerprint density at radius 3 is 2.47 bits per heavy atom. The first-order valence-corrected chi connectivity index (χ1v) is 4.54. The quantitative estimate of drug-likeness (QED) is 0.836. The highest BCUT2D eigenvalue weighted by molar-refractivity contribution is 5.78. The first-order valence-electron chi connectivity index (χ1n) is 4.54. The van der Waals surface area contributed by atoms with Gasteiger partial charge in [0, 0.05) is 0 Å². The number of halogens is 4. The molecule has 0 saturated heterocycles. The van der Waals surface area contributed by atoms with Gasteiger partial charge in [-0.25, -0.2) is 4.39 Å². The summed E-state index contributed by atoms with van der Waals surface area (Å²) in [6, 6.07) is 2.09. The largest absolute Gasteiger partial charge is 0.481 e. The number of carbonyl (C=O) groups is 1. The van der Waals surface area contributed by atoms with Gasteiger partial charge in [0.2, 0.25) is 0 Å². The fourth-order valence-corrected chi connectivity index (χ4v) is 1.06. The molecule has 0 saturated carbocycles. The van der Waals surface area contributed by atoms with E-state index in [0.29, 0.717) is 12.1 Å². The Kier molecular flexibility index (Phi) is 3.59. The van der Waals surface area contributed by atoms with Crippen LogP contribution in [0.1, 0.15) is 12.5 Å². The lowest BCUT2D eigenvalue weighted by atomic mass is 10.2. The highest BCUT2D eigenvalue weighted by Crippen LogP contribution is 2.33. The average Bonchev–Trinajstić information content (AvgIpc) is 2.19. The maximum atomic E-state index is 12.9. The predicted octanol–water partition coefficient (Wildman–Crippen LogP) is 2.10. The smallest absolute Gasteiger partial charge is 0.419 e. The van der Waals surface area contributed by atoms with Crippen molar-refractivity contribution in [3.63, 3.8) is 0 Å². The van der Waals surface area contributed by atoms with Crippen molar-refractivity contribution in [3.05, 3.63) is 29.6 Å². The topological polar surface area (TPSA) is 52.3 Å². The number of hydrogen-bond donors (Lipinski definition) is 1. The molecular formula is C10H9F4NO2. The molecule has 1 aromatic rings. The molecule has 1 amide bonds. The summed E-state index contributed by atoms with van der Waals surface area (Å²) in [6.45, 7) is 1.28. The Morgan fingerprint density at radius 2 is 2.00 bits per heavy atom. The summed E-state index contributed by atoms with van der Waals surface area (Å²) < 4.78 is 54.7. The highest BCUT2D eigenvalue weighted by Gasteiger charge is 2.34. The number of primary amides is 1. The lowest BCUT2D eigenvalue weighted by Crippen LogP contribution is -2.30. The highest BCUT2D eigenvalue weighted by atomic mass is 19.4. The molecule has 1 unspecified atom stereocenters. The summed E-state index contributed by atoms with van der Waals surface area (Å²) in [4.78, 5) is 10.7. The molecule has 1 atom stereocenters. The Hall–Kier alpha value is -1.79. The van der Waals surface area contributed by atoms with Crippen molar-refractivity contribution in [2.24, 2.45) is 5.73 Å². The minimum atomic E-state index is -4.82. The van der Waals surface area contributed by atoms with Gasteiger partial charge in [0.1, 0.15) is 11.6 Å². The van der Waals surface area contributed by atoms with Crippen molar-refractivity contribution < 1.29 is 27.1 Å². The second-order valence-electron chi connectivity index (χ2n) is 3.30. The number of hydrogen-bond acceptors (Lipinski definition) is 2. The summed E-state index contributed by atoms with van der Waals surface area (Å²) in [5.74, 6) is -2.51. The molecule has 0 aliphatic carbocycles. The number of carbonyl (C=O) groups excluding carboxylic acids is 1. The summed E-state index contributed by atoms with van der Waals surface area (Å²) in [7, 11) is 0. The van der Waals surface area contributed by atoms with E-state index < -0.39 is 29.6 Å². The molecule has 0 spiro atoms. The van der Waals surface area contributed by atoms with E-state index in [1.165, 1.54) is 6.92 Å². The summed E-state index contributed by atoms with van der Waals surface area (Å²) in [5, 5.41) is 0. The van der Waals surface area contributed by atoms with Crippen LogP contribution in [-0.4, -0.2) is 12.0 Å². The fraction of sp³-hybridized carbons (Fsp3) is 0.300. The van der Waals surface area contributed by atoms with Crippen LogP contribution in [0.15, 0.2) is 18.2 Å². The summed E-state index contributed by atoms with van der Waals surface area (Å²) in [6.07, 6.45) is -5.92. The maximum Gasteiger partial charge on any atom is 0.419 e. The molecule has 0 bridgehead atoms. The van der Waals surface area contributed by atoms with Gasteiger partial charge in [-0.15, -0.1) is 0 Å². The fourth-order valence-electron chi connectivity index (χ4n) is 1.06. The number of alkyl halides is 3. The maximum absolute atomic E-state index is 12.9. The van der Waals surface area contributed by atoms with Gasteiger partial charge in [0.05, 0.1) is 5.56 Å². The van der Waals surface area contributed by atoms with Crippen molar-refractivity contribution in [3.8, 4) is 5.75 Å². The lowest BCUT2D eigenvalue weighted by Gasteiger charge is -2.13. The molecule has 3 nitrogen and oxygen atoms in total. The number of ether oxygens (including phenoxy) is 1.